The summed E-state index contributed by atoms with van der Waals surface area (Å²) in [7, 11) is 0. The van der Waals surface area contributed by atoms with E-state index < -0.39 is 0 Å². The Hall–Kier alpha value is -2.24. The average molecular weight is 409 g/mol. The van der Waals surface area contributed by atoms with Gasteiger partial charge < -0.3 is 14.2 Å². The second-order valence-electron chi connectivity index (χ2n) is 7.91. The fourth-order valence-corrected chi connectivity index (χ4v) is 5.18. The standard InChI is InChI=1S/C24H28N2O2S/c1-17-8-4-5-9-20(17)16-29-23-14-25(22-11-7-6-10-21(22)23)15-24(27)26-12-18(2)28-19(3)13-26/h4-11,14,18-19H,12-13,15-16H2,1-3H3. The number of carbonyl (C=O) groups is 1. The van der Waals surface area contributed by atoms with Gasteiger partial charge in [0.05, 0.1) is 12.2 Å². The van der Waals surface area contributed by atoms with Crippen molar-refractivity contribution < 1.29 is 9.53 Å². The first-order valence-corrected chi connectivity index (χ1v) is 11.2. The third-order valence-corrected chi connectivity index (χ3v) is 6.57. The summed E-state index contributed by atoms with van der Waals surface area (Å²) in [5.74, 6) is 1.08. The van der Waals surface area contributed by atoms with E-state index >= 15 is 0 Å². The Morgan fingerprint density at radius 2 is 1.76 bits per heavy atom. The first kappa shape index (κ1) is 20.0. The smallest absolute Gasteiger partial charge is 0.242 e. The number of nitrogens with zero attached hydrogens (tertiary/aromatic N) is 2. The predicted molar refractivity (Wildman–Crippen MR) is 119 cm³/mol. The summed E-state index contributed by atoms with van der Waals surface area (Å²) in [5.41, 5.74) is 3.78. The van der Waals surface area contributed by atoms with Gasteiger partial charge in [-0.15, -0.1) is 11.8 Å². The molecule has 0 bridgehead atoms. The molecule has 1 saturated heterocycles. The van der Waals surface area contributed by atoms with E-state index in [0.717, 1.165) is 11.3 Å². The molecule has 0 spiro atoms. The van der Waals surface area contributed by atoms with Crippen LogP contribution >= 0.6 is 11.8 Å². The van der Waals surface area contributed by atoms with E-state index in [1.165, 1.54) is 21.4 Å². The fourth-order valence-electron chi connectivity index (χ4n) is 4.01. The van der Waals surface area contributed by atoms with Crippen LogP contribution in [-0.2, 0) is 21.8 Å². The third kappa shape index (κ3) is 4.51. The number of benzene rings is 2. The highest BCUT2D eigenvalue weighted by Crippen LogP contribution is 2.32. The number of thioether (sulfide) groups is 1. The SMILES string of the molecule is Cc1ccccc1CSc1cn(CC(=O)N2CC(C)OC(C)C2)c2ccccc12. The van der Waals surface area contributed by atoms with Gasteiger partial charge >= 0.3 is 0 Å². The molecule has 0 aliphatic carbocycles. The van der Waals surface area contributed by atoms with Gasteiger partial charge in [0.2, 0.25) is 5.91 Å². The van der Waals surface area contributed by atoms with E-state index in [9.17, 15) is 4.79 Å². The van der Waals surface area contributed by atoms with Crippen molar-refractivity contribution in [2.24, 2.45) is 0 Å². The van der Waals surface area contributed by atoms with E-state index in [-0.39, 0.29) is 18.1 Å². The van der Waals surface area contributed by atoms with Crippen LogP contribution in [0.5, 0.6) is 0 Å². The van der Waals surface area contributed by atoms with Gasteiger partial charge in [0, 0.05) is 40.8 Å². The molecule has 0 saturated carbocycles. The first-order valence-electron chi connectivity index (χ1n) is 10.2. The summed E-state index contributed by atoms with van der Waals surface area (Å²) in [6, 6.07) is 16.9. The molecule has 1 aromatic heterocycles. The maximum Gasteiger partial charge on any atom is 0.242 e. The second kappa shape index (κ2) is 8.64. The molecule has 0 radical (unpaired) electrons. The zero-order valence-corrected chi connectivity index (χ0v) is 18.1. The molecule has 2 heterocycles. The molecule has 1 fully saturated rings. The summed E-state index contributed by atoms with van der Waals surface area (Å²) in [6.45, 7) is 7.91. The van der Waals surface area contributed by atoms with E-state index in [2.05, 4.69) is 60.2 Å². The number of hydrogen-bond donors (Lipinski definition) is 0. The molecule has 4 nitrogen and oxygen atoms in total. The minimum absolute atomic E-state index is 0.0873. The van der Waals surface area contributed by atoms with Crippen LogP contribution in [0.1, 0.15) is 25.0 Å². The van der Waals surface area contributed by atoms with Gasteiger partial charge in [-0.3, -0.25) is 4.79 Å². The van der Waals surface area contributed by atoms with Gasteiger partial charge in [-0.2, -0.15) is 0 Å². The molecule has 1 aliphatic heterocycles. The number of morpholine rings is 1. The Bertz CT molecular complexity index is 1000. The number of fused-ring (bicyclic) bond motifs is 1. The monoisotopic (exact) mass is 408 g/mol. The van der Waals surface area contributed by atoms with Crippen molar-refractivity contribution in [2.75, 3.05) is 13.1 Å². The number of amides is 1. The maximum atomic E-state index is 13.0. The highest BCUT2D eigenvalue weighted by molar-refractivity contribution is 7.98. The van der Waals surface area contributed by atoms with Gasteiger partial charge in [-0.1, -0.05) is 42.5 Å². The molecule has 1 amide bonds. The molecule has 5 heteroatoms. The minimum atomic E-state index is 0.0873. The van der Waals surface area contributed by atoms with E-state index in [4.69, 9.17) is 4.74 Å². The molecule has 29 heavy (non-hydrogen) atoms. The Balaban J connectivity index is 1.54. The third-order valence-electron chi connectivity index (χ3n) is 5.47. The number of hydrogen-bond acceptors (Lipinski definition) is 3. The van der Waals surface area contributed by atoms with Gasteiger partial charge in [0.15, 0.2) is 0 Å². The summed E-state index contributed by atoms with van der Waals surface area (Å²) in [6.07, 6.45) is 2.31. The van der Waals surface area contributed by atoms with Crippen molar-refractivity contribution in [2.45, 2.75) is 50.2 Å². The van der Waals surface area contributed by atoms with E-state index in [0.29, 0.717) is 19.6 Å². The molecular formula is C24H28N2O2S. The summed E-state index contributed by atoms with van der Waals surface area (Å²) in [4.78, 5) is 16.1. The van der Waals surface area contributed by atoms with Crippen LogP contribution in [0.15, 0.2) is 59.6 Å². The summed E-state index contributed by atoms with van der Waals surface area (Å²) in [5, 5.41) is 1.21. The number of rotatable bonds is 5. The summed E-state index contributed by atoms with van der Waals surface area (Å²) >= 11 is 1.84. The molecule has 4 rings (SSSR count). The minimum Gasteiger partial charge on any atom is -0.372 e. The number of carbonyl (C=O) groups excluding carboxylic acids is 1. The van der Waals surface area contributed by atoms with Crippen molar-refractivity contribution in [1.82, 2.24) is 9.47 Å². The summed E-state index contributed by atoms with van der Waals surface area (Å²) < 4.78 is 7.87. The molecule has 2 unspecified atom stereocenters. The molecule has 2 aromatic carbocycles. The van der Waals surface area contributed by atoms with Crippen molar-refractivity contribution in [3.63, 3.8) is 0 Å². The van der Waals surface area contributed by atoms with Crippen LogP contribution in [-0.4, -0.2) is 40.7 Å². The highest BCUT2D eigenvalue weighted by Gasteiger charge is 2.26. The number of aromatic nitrogens is 1. The lowest BCUT2D eigenvalue weighted by molar-refractivity contribution is -0.143. The Labute approximate surface area is 176 Å². The van der Waals surface area contributed by atoms with Gasteiger partial charge in [-0.25, -0.2) is 0 Å². The van der Waals surface area contributed by atoms with Gasteiger partial charge in [0.25, 0.3) is 0 Å². The van der Waals surface area contributed by atoms with E-state index in [1.54, 1.807) is 0 Å². The molecule has 2 atom stereocenters. The van der Waals surface area contributed by atoms with Crippen LogP contribution in [0.2, 0.25) is 0 Å². The largest absolute Gasteiger partial charge is 0.372 e. The average Bonchev–Trinajstić information content (AvgIpc) is 3.04. The molecule has 1 aliphatic rings. The first-order chi connectivity index (χ1) is 14.0. The Morgan fingerprint density at radius 3 is 2.52 bits per heavy atom. The van der Waals surface area contributed by atoms with E-state index in [1.807, 2.05) is 36.6 Å². The molecule has 0 N–H and O–H groups in total. The van der Waals surface area contributed by atoms with Crippen molar-refractivity contribution in [3.8, 4) is 0 Å². The van der Waals surface area contributed by atoms with Gasteiger partial charge in [0.1, 0.15) is 6.54 Å². The topological polar surface area (TPSA) is 34.5 Å². The van der Waals surface area contributed by atoms with Crippen LogP contribution in [0, 0.1) is 6.92 Å². The van der Waals surface area contributed by atoms with Crippen LogP contribution in [0.4, 0.5) is 0 Å². The normalized spacial score (nSPS) is 19.6. The quantitative estimate of drug-likeness (QED) is 0.565. The predicted octanol–water partition coefficient (Wildman–Crippen LogP) is 4.88. The highest BCUT2D eigenvalue weighted by atomic mass is 32.2. The molecule has 152 valence electrons. The maximum absolute atomic E-state index is 13.0. The zero-order chi connectivity index (χ0) is 20.4. The number of para-hydroxylation sites is 1. The van der Waals surface area contributed by atoms with Crippen LogP contribution < -0.4 is 0 Å². The van der Waals surface area contributed by atoms with Crippen LogP contribution in [0.25, 0.3) is 10.9 Å². The van der Waals surface area contributed by atoms with Gasteiger partial charge in [-0.05, 0) is 38.0 Å². The zero-order valence-electron chi connectivity index (χ0n) is 17.3. The second-order valence-corrected chi connectivity index (χ2v) is 8.93. The van der Waals surface area contributed by atoms with Crippen molar-refractivity contribution in [3.05, 3.63) is 65.9 Å². The Morgan fingerprint density at radius 1 is 1.07 bits per heavy atom. The van der Waals surface area contributed by atoms with Crippen LogP contribution in [0.3, 0.4) is 0 Å². The molecule has 3 aromatic rings. The number of aryl methyl sites for hydroxylation is 1. The Kier molecular flexibility index (Phi) is 5.97. The lowest BCUT2D eigenvalue weighted by atomic mass is 10.1. The fraction of sp³-hybridized carbons (Fsp3) is 0.375. The van der Waals surface area contributed by atoms with Crippen molar-refractivity contribution in [1.29, 1.82) is 0 Å². The lowest BCUT2D eigenvalue weighted by Gasteiger charge is -2.35. The van der Waals surface area contributed by atoms with Crippen molar-refractivity contribution >= 4 is 28.6 Å². The number of ether oxygens (including phenoxy) is 1. The molecular weight excluding hydrogens is 380 g/mol. The lowest BCUT2D eigenvalue weighted by Crippen LogP contribution is -2.49.